The predicted octanol–water partition coefficient (Wildman–Crippen LogP) is 4.14. The summed E-state index contributed by atoms with van der Waals surface area (Å²) < 4.78 is 0. The Hall–Kier alpha value is -1.86. The van der Waals surface area contributed by atoms with Crippen molar-refractivity contribution in [2.75, 3.05) is 0 Å². The van der Waals surface area contributed by atoms with Gasteiger partial charge in [0.05, 0.1) is 12.5 Å². The molecular formula is C22H32O4. The second-order valence-electron chi connectivity index (χ2n) is 7.08. The van der Waals surface area contributed by atoms with Crippen LogP contribution in [0.25, 0.3) is 0 Å². The number of aliphatic carboxylic acids is 1. The molecule has 4 nitrogen and oxygen atoms in total. The van der Waals surface area contributed by atoms with Crippen LogP contribution >= 0.6 is 0 Å². The molecule has 1 aliphatic rings. The minimum atomic E-state index is -0.858. The van der Waals surface area contributed by atoms with Crippen LogP contribution in [0.3, 0.4) is 0 Å². The molecule has 0 amide bonds. The van der Waals surface area contributed by atoms with E-state index in [1.165, 1.54) is 12.8 Å². The monoisotopic (exact) mass is 360 g/mol. The molecule has 0 spiro atoms. The number of carboxylic acid groups (broad SMARTS) is 1. The lowest BCUT2D eigenvalue weighted by Gasteiger charge is -2.16. The van der Waals surface area contributed by atoms with Gasteiger partial charge in [0.1, 0.15) is 5.78 Å². The molecule has 2 N–H and O–H groups in total. The molecule has 0 saturated heterocycles. The molecule has 1 fully saturated rings. The zero-order valence-corrected chi connectivity index (χ0v) is 16.0. The number of aliphatic hydroxyl groups excluding tert-OH is 1. The summed E-state index contributed by atoms with van der Waals surface area (Å²) in [6, 6.07) is 0. The van der Waals surface area contributed by atoms with Crippen LogP contribution in [-0.2, 0) is 9.59 Å². The topological polar surface area (TPSA) is 74.6 Å². The second kappa shape index (κ2) is 12.5. The number of carboxylic acids is 1. The summed E-state index contributed by atoms with van der Waals surface area (Å²) in [4.78, 5) is 22.7. The maximum Gasteiger partial charge on any atom is 0.304 e. The number of hydrogen-bond acceptors (Lipinski definition) is 3. The van der Waals surface area contributed by atoms with E-state index in [1.807, 2.05) is 12.2 Å². The molecule has 26 heavy (non-hydrogen) atoms. The number of carbonyl (C=O) groups excluding carboxylic acids is 1. The van der Waals surface area contributed by atoms with E-state index in [1.54, 1.807) is 6.08 Å². The van der Waals surface area contributed by atoms with Crippen LogP contribution in [0.5, 0.6) is 0 Å². The number of ketones is 1. The highest BCUT2D eigenvalue weighted by Gasteiger charge is 2.37. The van der Waals surface area contributed by atoms with Gasteiger partial charge >= 0.3 is 5.97 Å². The van der Waals surface area contributed by atoms with Gasteiger partial charge in [-0.1, -0.05) is 51.0 Å². The number of carbonyl (C=O) groups is 2. The number of allylic oxidation sites excluding steroid dienone is 2. The quantitative estimate of drug-likeness (QED) is 0.349. The molecule has 1 saturated carbocycles. The molecule has 0 radical (unpaired) electrons. The highest BCUT2D eigenvalue weighted by atomic mass is 16.4. The largest absolute Gasteiger partial charge is 0.481 e. The molecule has 0 aromatic rings. The fourth-order valence-electron chi connectivity index (χ4n) is 3.24. The van der Waals surface area contributed by atoms with E-state index in [9.17, 15) is 14.7 Å². The van der Waals surface area contributed by atoms with Gasteiger partial charge in [-0.3, -0.25) is 9.59 Å². The van der Waals surface area contributed by atoms with E-state index in [0.29, 0.717) is 25.7 Å². The van der Waals surface area contributed by atoms with Crippen LogP contribution in [0.1, 0.15) is 65.2 Å². The molecular weight excluding hydrogens is 328 g/mol. The zero-order chi connectivity index (χ0) is 19.4. The summed E-state index contributed by atoms with van der Waals surface area (Å²) in [5.41, 5.74) is 0. The Morgan fingerprint density at radius 1 is 1.35 bits per heavy atom. The average molecular weight is 360 g/mol. The van der Waals surface area contributed by atoms with Gasteiger partial charge in [-0.05, 0) is 24.7 Å². The Balaban J connectivity index is 2.53. The average Bonchev–Trinajstić information content (AvgIpc) is 2.85. The highest BCUT2D eigenvalue weighted by Crippen LogP contribution is 2.37. The van der Waals surface area contributed by atoms with Gasteiger partial charge < -0.3 is 10.2 Å². The molecule has 0 aromatic carbocycles. The third-order valence-electron chi connectivity index (χ3n) is 4.79. The summed E-state index contributed by atoms with van der Waals surface area (Å²) in [5, 5.41) is 18.7. The summed E-state index contributed by atoms with van der Waals surface area (Å²) >= 11 is 0. The summed E-state index contributed by atoms with van der Waals surface area (Å²) in [6.07, 6.45) is 12.7. The van der Waals surface area contributed by atoms with Crippen molar-refractivity contribution in [2.45, 2.75) is 71.3 Å². The lowest BCUT2D eigenvalue weighted by atomic mass is 9.87. The molecule has 4 atom stereocenters. The number of Topliss-reactive ketones (excluding diaryl/α,β-unsaturated/α-hetero) is 1. The van der Waals surface area contributed by atoms with E-state index in [-0.39, 0.29) is 30.0 Å². The van der Waals surface area contributed by atoms with E-state index in [4.69, 9.17) is 5.11 Å². The third kappa shape index (κ3) is 8.49. The smallest absolute Gasteiger partial charge is 0.304 e. The van der Waals surface area contributed by atoms with Crippen LogP contribution in [0.4, 0.5) is 0 Å². The minimum absolute atomic E-state index is 0.0311. The van der Waals surface area contributed by atoms with Gasteiger partial charge in [0, 0.05) is 25.2 Å². The molecule has 4 heteroatoms. The van der Waals surface area contributed by atoms with Crippen molar-refractivity contribution in [1.82, 2.24) is 0 Å². The van der Waals surface area contributed by atoms with Gasteiger partial charge in [-0.15, -0.1) is 11.8 Å². The molecule has 1 aliphatic carbocycles. The van der Waals surface area contributed by atoms with Gasteiger partial charge in [0.15, 0.2) is 0 Å². The summed E-state index contributed by atoms with van der Waals surface area (Å²) in [6.45, 7) is 4.21. The predicted molar refractivity (Wildman–Crippen MR) is 103 cm³/mol. The van der Waals surface area contributed by atoms with Crippen molar-refractivity contribution in [3.8, 4) is 11.8 Å². The lowest BCUT2D eigenvalue weighted by molar-refractivity contribution is -0.136. The summed E-state index contributed by atoms with van der Waals surface area (Å²) in [5.74, 6) is 5.36. The molecule has 144 valence electrons. The number of rotatable bonds is 10. The van der Waals surface area contributed by atoms with Crippen molar-refractivity contribution >= 4 is 11.8 Å². The number of hydrogen-bond donors (Lipinski definition) is 2. The highest BCUT2D eigenvalue weighted by molar-refractivity contribution is 5.84. The Morgan fingerprint density at radius 2 is 2.12 bits per heavy atom. The standard InChI is InChI=1S/C22H32O4/c1-3-4-5-6-8-11-18(23)14-15-19-17(2)16-21(24)20(19)12-9-7-10-13-22(25)26/h6,8,14-15,17-20,23H,3-5,10-13,16H2,1-2H3,(H,25,26)/b8-6-,15-14+. The minimum Gasteiger partial charge on any atom is -0.481 e. The first-order valence-electron chi connectivity index (χ1n) is 9.67. The van der Waals surface area contributed by atoms with Crippen molar-refractivity contribution in [2.24, 2.45) is 17.8 Å². The first-order chi connectivity index (χ1) is 12.5. The molecule has 0 heterocycles. The normalized spacial score (nSPS) is 24.1. The first-order valence-corrected chi connectivity index (χ1v) is 9.67. The molecule has 1 rings (SSSR count). The Morgan fingerprint density at radius 3 is 2.81 bits per heavy atom. The third-order valence-corrected chi connectivity index (χ3v) is 4.79. The van der Waals surface area contributed by atoms with Gasteiger partial charge in [0.25, 0.3) is 0 Å². The van der Waals surface area contributed by atoms with Crippen molar-refractivity contribution in [1.29, 1.82) is 0 Å². The van der Waals surface area contributed by atoms with Crippen LogP contribution < -0.4 is 0 Å². The second-order valence-corrected chi connectivity index (χ2v) is 7.08. The lowest BCUT2D eigenvalue weighted by Crippen LogP contribution is -2.15. The molecule has 0 bridgehead atoms. The zero-order valence-electron chi connectivity index (χ0n) is 16.0. The Bertz CT molecular complexity index is 564. The number of aliphatic hydroxyl groups is 1. The van der Waals surface area contributed by atoms with E-state index < -0.39 is 12.1 Å². The number of unbranched alkanes of at least 4 members (excludes halogenated alkanes) is 2. The maximum absolute atomic E-state index is 12.2. The van der Waals surface area contributed by atoms with Crippen LogP contribution in [0.15, 0.2) is 24.3 Å². The first kappa shape index (κ1) is 22.2. The molecule has 4 unspecified atom stereocenters. The van der Waals surface area contributed by atoms with Crippen molar-refractivity contribution in [3.63, 3.8) is 0 Å². The Kier molecular flexibility index (Phi) is 10.7. The van der Waals surface area contributed by atoms with Crippen LogP contribution in [0.2, 0.25) is 0 Å². The van der Waals surface area contributed by atoms with Crippen LogP contribution in [0, 0.1) is 29.6 Å². The summed E-state index contributed by atoms with van der Waals surface area (Å²) in [7, 11) is 0. The van der Waals surface area contributed by atoms with Gasteiger partial charge in [0.2, 0.25) is 0 Å². The fraction of sp³-hybridized carbons (Fsp3) is 0.636. The van der Waals surface area contributed by atoms with Crippen molar-refractivity contribution < 1.29 is 19.8 Å². The van der Waals surface area contributed by atoms with Crippen LogP contribution in [-0.4, -0.2) is 28.1 Å². The van der Waals surface area contributed by atoms with Gasteiger partial charge in [-0.25, -0.2) is 0 Å². The SMILES string of the molecule is CCCC/C=C\CC(O)/C=C/C1C(C)CC(=O)C1CC#CCCC(=O)O. The van der Waals surface area contributed by atoms with E-state index in [2.05, 4.69) is 31.8 Å². The fourth-order valence-corrected chi connectivity index (χ4v) is 3.24. The van der Waals surface area contributed by atoms with E-state index >= 15 is 0 Å². The molecule has 0 aromatic heterocycles. The van der Waals surface area contributed by atoms with Crippen molar-refractivity contribution in [3.05, 3.63) is 24.3 Å². The van der Waals surface area contributed by atoms with Gasteiger partial charge in [-0.2, -0.15) is 0 Å². The maximum atomic E-state index is 12.2. The molecule has 0 aliphatic heterocycles. The van der Waals surface area contributed by atoms with E-state index in [0.717, 1.165) is 6.42 Å². The Labute approximate surface area is 157 Å².